The minimum absolute atomic E-state index is 0.512. The van der Waals surface area contributed by atoms with Crippen LogP contribution in [0.5, 0.6) is 0 Å². The van der Waals surface area contributed by atoms with E-state index in [0.29, 0.717) is 16.5 Å². The van der Waals surface area contributed by atoms with E-state index in [1.807, 2.05) is 6.07 Å². The Morgan fingerprint density at radius 3 is 2.57 bits per heavy atom. The number of halogens is 2. The van der Waals surface area contributed by atoms with E-state index in [2.05, 4.69) is 6.58 Å². The third kappa shape index (κ3) is 3.02. The molecule has 0 saturated carbocycles. The Labute approximate surface area is 94.0 Å². The maximum absolute atomic E-state index is 9.56. The monoisotopic (exact) mass is 230 g/mol. The van der Waals surface area contributed by atoms with E-state index in [1.165, 1.54) is 0 Å². The number of aliphatic hydroxyl groups is 1. The molecule has 0 spiro atoms. The lowest BCUT2D eigenvalue weighted by atomic mass is 10.0. The van der Waals surface area contributed by atoms with Crippen LogP contribution in [-0.4, -0.2) is 11.2 Å². The first kappa shape index (κ1) is 11.6. The largest absolute Gasteiger partial charge is 0.388 e. The molecule has 1 unspecified atom stereocenters. The second-order valence-electron chi connectivity index (χ2n) is 3.31. The standard InChI is InChI=1S/C11H12Cl2O/c1-7(2)11(14)6-8-3-4-9(12)10(13)5-8/h3-5,11,14H,1,6H2,2H3. The lowest BCUT2D eigenvalue weighted by Crippen LogP contribution is -2.10. The molecule has 1 nitrogen and oxygen atoms in total. The molecule has 0 aliphatic carbocycles. The molecule has 1 aromatic rings. The maximum Gasteiger partial charge on any atom is 0.0785 e. The van der Waals surface area contributed by atoms with Crippen molar-refractivity contribution < 1.29 is 5.11 Å². The summed E-state index contributed by atoms with van der Waals surface area (Å²) in [6.07, 6.45) is -0.00101. The molecular weight excluding hydrogens is 219 g/mol. The van der Waals surface area contributed by atoms with Gasteiger partial charge in [-0.1, -0.05) is 41.4 Å². The second-order valence-corrected chi connectivity index (χ2v) is 4.13. The molecule has 0 radical (unpaired) electrons. The van der Waals surface area contributed by atoms with Gasteiger partial charge in [0.1, 0.15) is 0 Å². The fourth-order valence-corrected chi connectivity index (χ4v) is 1.38. The fraction of sp³-hybridized carbons (Fsp3) is 0.273. The summed E-state index contributed by atoms with van der Waals surface area (Å²) < 4.78 is 0. The summed E-state index contributed by atoms with van der Waals surface area (Å²) in [6.45, 7) is 5.48. The molecular formula is C11H12Cl2O. The van der Waals surface area contributed by atoms with Gasteiger partial charge in [-0.3, -0.25) is 0 Å². The molecule has 1 aromatic carbocycles. The molecule has 0 aromatic heterocycles. The lowest BCUT2D eigenvalue weighted by molar-refractivity contribution is 0.212. The van der Waals surface area contributed by atoms with E-state index in [4.69, 9.17) is 23.2 Å². The molecule has 0 saturated heterocycles. The summed E-state index contributed by atoms with van der Waals surface area (Å²) in [4.78, 5) is 0. The first-order valence-corrected chi connectivity index (χ1v) is 5.03. The minimum atomic E-state index is -0.521. The zero-order chi connectivity index (χ0) is 10.7. The van der Waals surface area contributed by atoms with Crippen LogP contribution in [0, 0.1) is 0 Å². The first-order chi connectivity index (χ1) is 6.50. The highest BCUT2D eigenvalue weighted by atomic mass is 35.5. The summed E-state index contributed by atoms with van der Waals surface area (Å²) in [6, 6.07) is 5.33. The smallest absolute Gasteiger partial charge is 0.0785 e. The van der Waals surface area contributed by atoms with Gasteiger partial charge in [0.25, 0.3) is 0 Å². The van der Waals surface area contributed by atoms with Crippen molar-refractivity contribution in [2.45, 2.75) is 19.4 Å². The molecule has 0 amide bonds. The number of hydrogen-bond acceptors (Lipinski definition) is 1. The van der Waals surface area contributed by atoms with Crippen molar-refractivity contribution in [3.63, 3.8) is 0 Å². The van der Waals surface area contributed by atoms with Crippen LogP contribution in [0.3, 0.4) is 0 Å². The van der Waals surface area contributed by atoms with E-state index in [0.717, 1.165) is 11.1 Å². The molecule has 76 valence electrons. The van der Waals surface area contributed by atoms with Crippen LogP contribution in [0.1, 0.15) is 12.5 Å². The van der Waals surface area contributed by atoms with E-state index in [1.54, 1.807) is 19.1 Å². The van der Waals surface area contributed by atoms with Crippen LogP contribution in [0.25, 0.3) is 0 Å². The highest BCUT2D eigenvalue weighted by Crippen LogP contribution is 2.23. The Morgan fingerprint density at radius 2 is 2.07 bits per heavy atom. The first-order valence-electron chi connectivity index (χ1n) is 4.28. The van der Waals surface area contributed by atoms with Gasteiger partial charge in [0.05, 0.1) is 16.1 Å². The quantitative estimate of drug-likeness (QED) is 0.789. The third-order valence-electron chi connectivity index (χ3n) is 1.98. The normalized spacial score (nSPS) is 12.6. The Balaban J connectivity index is 2.78. The van der Waals surface area contributed by atoms with E-state index in [9.17, 15) is 5.11 Å². The van der Waals surface area contributed by atoms with Gasteiger partial charge in [-0.2, -0.15) is 0 Å². The van der Waals surface area contributed by atoms with Gasteiger partial charge in [-0.25, -0.2) is 0 Å². The van der Waals surface area contributed by atoms with Crippen LogP contribution in [0.15, 0.2) is 30.4 Å². The minimum Gasteiger partial charge on any atom is -0.388 e. The predicted molar refractivity (Wildman–Crippen MR) is 61.0 cm³/mol. The van der Waals surface area contributed by atoms with Gasteiger partial charge in [0.15, 0.2) is 0 Å². The number of benzene rings is 1. The van der Waals surface area contributed by atoms with Crippen molar-refractivity contribution in [2.24, 2.45) is 0 Å². The van der Waals surface area contributed by atoms with Gasteiger partial charge in [0.2, 0.25) is 0 Å². The molecule has 0 bridgehead atoms. The average molecular weight is 231 g/mol. The van der Waals surface area contributed by atoms with Crippen LogP contribution >= 0.6 is 23.2 Å². The fourth-order valence-electron chi connectivity index (χ4n) is 1.06. The van der Waals surface area contributed by atoms with Crippen molar-refractivity contribution in [3.05, 3.63) is 46.0 Å². The molecule has 1 atom stereocenters. The van der Waals surface area contributed by atoms with E-state index in [-0.39, 0.29) is 0 Å². The molecule has 1 N–H and O–H groups in total. The molecule has 0 aliphatic heterocycles. The van der Waals surface area contributed by atoms with Crippen LogP contribution in [-0.2, 0) is 6.42 Å². The summed E-state index contributed by atoms with van der Waals surface area (Å²) in [5.74, 6) is 0. The van der Waals surface area contributed by atoms with Gasteiger partial charge < -0.3 is 5.11 Å². The topological polar surface area (TPSA) is 20.2 Å². The van der Waals surface area contributed by atoms with Crippen molar-refractivity contribution in [1.82, 2.24) is 0 Å². The molecule has 3 heteroatoms. The van der Waals surface area contributed by atoms with Crippen molar-refractivity contribution in [1.29, 1.82) is 0 Å². The van der Waals surface area contributed by atoms with Crippen LogP contribution in [0.2, 0.25) is 10.0 Å². The molecule has 0 aliphatic rings. The Morgan fingerprint density at radius 1 is 1.43 bits per heavy atom. The predicted octanol–water partition coefficient (Wildman–Crippen LogP) is 3.47. The molecule has 1 rings (SSSR count). The van der Waals surface area contributed by atoms with Crippen molar-refractivity contribution >= 4 is 23.2 Å². The maximum atomic E-state index is 9.56. The van der Waals surface area contributed by atoms with E-state index >= 15 is 0 Å². The third-order valence-corrected chi connectivity index (χ3v) is 2.72. The van der Waals surface area contributed by atoms with Gasteiger partial charge in [-0.05, 0) is 24.6 Å². The number of aliphatic hydroxyl groups excluding tert-OH is 1. The zero-order valence-electron chi connectivity index (χ0n) is 7.93. The van der Waals surface area contributed by atoms with Gasteiger partial charge in [0, 0.05) is 6.42 Å². The second kappa shape index (κ2) is 4.83. The lowest BCUT2D eigenvalue weighted by Gasteiger charge is -2.10. The Bertz CT molecular complexity index is 347. The summed E-state index contributed by atoms with van der Waals surface area (Å²) in [5, 5.41) is 10.6. The van der Waals surface area contributed by atoms with Crippen LogP contribution in [0.4, 0.5) is 0 Å². The highest BCUT2D eigenvalue weighted by molar-refractivity contribution is 6.42. The summed E-state index contributed by atoms with van der Waals surface area (Å²) in [5.41, 5.74) is 1.70. The molecule has 14 heavy (non-hydrogen) atoms. The Kier molecular flexibility index (Phi) is 3.99. The SMILES string of the molecule is C=C(C)C(O)Cc1ccc(Cl)c(Cl)c1. The van der Waals surface area contributed by atoms with Gasteiger partial charge >= 0.3 is 0 Å². The highest BCUT2D eigenvalue weighted by Gasteiger charge is 2.07. The number of hydrogen-bond donors (Lipinski definition) is 1. The van der Waals surface area contributed by atoms with Gasteiger partial charge in [-0.15, -0.1) is 0 Å². The summed E-state index contributed by atoms with van der Waals surface area (Å²) in [7, 11) is 0. The van der Waals surface area contributed by atoms with Crippen molar-refractivity contribution in [3.8, 4) is 0 Å². The Hall–Kier alpha value is -0.500. The zero-order valence-corrected chi connectivity index (χ0v) is 9.44. The van der Waals surface area contributed by atoms with Crippen molar-refractivity contribution in [2.75, 3.05) is 0 Å². The van der Waals surface area contributed by atoms with E-state index < -0.39 is 6.10 Å². The summed E-state index contributed by atoms with van der Waals surface area (Å²) >= 11 is 11.6. The molecule has 0 fully saturated rings. The van der Waals surface area contributed by atoms with Crippen LogP contribution < -0.4 is 0 Å². The number of rotatable bonds is 3. The average Bonchev–Trinajstić information content (AvgIpc) is 2.11. The molecule has 0 heterocycles.